The van der Waals surface area contributed by atoms with Crippen molar-refractivity contribution in [3.63, 3.8) is 0 Å². The molecule has 0 saturated carbocycles. The number of piperidine rings is 1. The Morgan fingerprint density at radius 2 is 1.86 bits per heavy atom. The standard InChI is InChI=1S/C26H25F2N7O/c1-3-36-26-31-15(2)23-25(33-26)35(24(32-23)18-8-19(27)12-29-10-18)14-22-21(28)9-17(11-30-22)20-13-34-6-4-16(20)5-7-34/h8-13,16H,3-7,14H2,1-2H3. The van der Waals surface area contributed by atoms with Gasteiger partial charge in [-0.1, -0.05) is 0 Å². The van der Waals surface area contributed by atoms with Crippen LogP contribution in [0.15, 0.2) is 36.9 Å². The summed E-state index contributed by atoms with van der Waals surface area (Å²) >= 11 is 0. The van der Waals surface area contributed by atoms with E-state index in [0.717, 1.165) is 43.3 Å². The van der Waals surface area contributed by atoms with Crippen LogP contribution in [0.2, 0.25) is 0 Å². The summed E-state index contributed by atoms with van der Waals surface area (Å²) in [6, 6.07) is 3.10. The largest absolute Gasteiger partial charge is 0.464 e. The predicted molar refractivity (Wildman–Crippen MR) is 130 cm³/mol. The van der Waals surface area contributed by atoms with E-state index in [-0.39, 0.29) is 18.2 Å². The smallest absolute Gasteiger partial charge is 0.318 e. The highest BCUT2D eigenvalue weighted by Gasteiger charge is 2.28. The second kappa shape index (κ2) is 8.92. The summed E-state index contributed by atoms with van der Waals surface area (Å²) in [4.78, 5) is 24.3. The maximum Gasteiger partial charge on any atom is 0.318 e. The molecule has 7 rings (SSSR count). The van der Waals surface area contributed by atoms with Crippen LogP contribution in [0.5, 0.6) is 6.01 Å². The molecule has 7 heterocycles. The van der Waals surface area contributed by atoms with Gasteiger partial charge < -0.3 is 14.2 Å². The number of hydrogen-bond donors (Lipinski definition) is 0. The molecule has 3 aliphatic heterocycles. The van der Waals surface area contributed by atoms with E-state index in [2.05, 4.69) is 36.0 Å². The van der Waals surface area contributed by atoms with Crippen molar-refractivity contribution < 1.29 is 13.5 Å². The lowest BCUT2D eigenvalue weighted by Gasteiger charge is -2.39. The number of rotatable bonds is 6. The molecule has 8 nitrogen and oxygen atoms in total. The van der Waals surface area contributed by atoms with Gasteiger partial charge in [-0.25, -0.2) is 13.8 Å². The third-order valence-electron chi connectivity index (χ3n) is 6.83. The van der Waals surface area contributed by atoms with Gasteiger partial charge >= 0.3 is 6.01 Å². The van der Waals surface area contributed by atoms with Crippen LogP contribution in [0.4, 0.5) is 8.78 Å². The molecule has 0 N–H and O–H groups in total. The summed E-state index contributed by atoms with van der Waals surface area (Å²) in [5.41, 5.74) is 4.22. The lowest BCUT2D eigenvalue weighted by molar-refractivity contribution is 0.252. The molecule has 0 aliphatic carbocycles. The highest BCUT2D eigenvalue weighted by molar-refractivity contribution is 5.79. The van der Waals surface area contributed by atoms with Crippen LogP contribution < -0.4 is 4.74 Å². The third-order valence-corrected chi connectivity index (χ3v) is 6.83. The molecule has 36 heavy (non-hydrogen) atoms. The number of aromatic nitrogens is 6. The average Bonchev–Trinajstić information content (AvgIpc) is 3.25. The average molecular weight is 490 g/mol. The first-order chi connectivity index (χ1) is 17.5. The fourth-order valence-corrected chi connectivity index (χ4v) is 5.05. The van der Waals surface area contributed by atoms with Gasteiger partial charge in [0.1, 0.15) is 23.0 Å². The highest BCUT2D eigenvalue weighted by Crippen LogP contribution is 2.37. The molecule has 0 amide bonds. The molecule has 1 fully saturated rings. The fourth-order valence-electron chi connectivity index (χ4n) is 5.05. The summed E-state index contributed by atoms with van der Waals surface area (Å²) in [7, 11) is 0. The van der Waals surface area contributed by atoms with Crippen LogP contribution in [0.25, 0.3) is 28.1 Å². The van der Waals surface area contributed by atoms with Crippen LogP contribution in [0.3, 0.4) is 0 Å². The number of pyridine rings is 2. The molecule has 0 atom stereocenters. The molecular weight excluding hydrogens is 464 g/mol. The van der Waals surface area contributed by atoms with Gasteiger partial charge in [-0.05, 0) is 50.3 Å². The van der Waals surface area contributed by atoms with Gasteiger partial charge in [-0.15, -0.1) is 0 Å². The summed E-state index contributed by atoms with van der Waals surface area (Å²) < 4.78 is 36.7. The molecule has 2 bridgehead atoms. The number of imidazole rings is 1. The van der Waals surface area contributed by atoms with E-state index in [1.54, 1.807) is 23.8 Å². The van der Waals surface area contributed by atoms with Crippen molar-refractivity contribution in [2.75, 3.05) is 19.7 Å². The Labute approximate surface area is 206 Å². The van der Waals surface area contributed by atoms with E-state index in [1.807, 2.05) is 6.92 Å². The molecule has 3 aliphatic rings. The Kier molecular flexibility index (Phi) is 5.58. The van der Waals surface area contributed by atoms with Crippen molar-refractivity contribution in [2.45, 2.75) is 33.2 Å². The van der Waals surface area contributed by atoms with Gasteiger partial charge in [0.15, 0.2) is 5.65 Å². The monoisotopic (exact) mass is 489 g/mol. The number of allylic oxidation sites excluding steroid dienone is 1. The van der Waals surface area contributed by atoms with Crippen molar-refractivity contribution in [1.29, 1.82) is 0 Å². The Balaban J connectivity index is 1.44. The van der Waals surface area contributed by atoms with Crippen LogP contribution in [-0.2, 0) is 6.54 Å². The topological polar surface area (TPSA) is 81.8 Å². The molecule has 10 heteroatoms. The van der Waals surface area contributed by atoms with Crippen molar-refractivity contribution in [2.24, 2.45) is 5.92 Å². The van der Waals surface area contributed by atoms with Gasteiger partial charge in [-0.2, -0.15) is 9.97 Å². The molecule has 0 spiro atoms. The molecule has 4 aromatic rings. The maximum absolute atomic E-state index is 15.5. The highest BCUT2D eigenvalue weighted by atomic mass is 19.1. The molecule has 1 saturated heterocycles. The third kappa shape index (κ3) is 3.96. The Bertz CT molecular complexity index is 1490. The van der Waals surface area contributed by atoms with E-state index < -0.39 is 11.6 Å². The van der Waals surface area contributed by atoms with E-state index in [4.69, 9.17) is 4.74 Å². The molecule has 0 unspecified atom stereocenters. The summed E-state index contributed by atoms with van der Waals surface area (Å²) in [5, 5.41) is 0. The molecule has 0 aromatic carbocycles. The second-order valence-electron chi connectivity index (χ2n) is 9.16. The molecule has 184 valence electrons. The number of hydrogen-bond acceptors (Lipinski definition) is 7. The number of aryl methyl sites for hydroxylation is 1. The van der Waals surface area contributed by atoms with Gasteiger partial charge in [0.25, 0.3) is 0 Å². The van der Waals surface area contributed by atoms with Crippen LogP contribution in [0, 0.1) is 24.5 Å². The van der Waals surface area contributed by atoms with E-state index in [0.29, 0.717) is 40.8 Å². The summed E-state index contributed by atoms with van der Waals surface area (Å²) in [6.07, 6.45) is 8.68. The zero-order valence-electron chi connectivity index (χ0n) is 20.1. The number of nitrogens with zero attached hydrogens (tertiary/aromatic N) is 7. The lowest BCUT2D eigenvalue weighted by Crippen LogP contribution is -2.35. The van der Waals surface area contributed by atoms with Gasteiger partial charge in [0.05, 0.1) is 30.7 Å². The van der Waals surface area contributed by atoms with Gasteiger partial charge in [0, 0.05) is 42.8 Å². The Morgan fingerprint density at radius 3 is 2.56 bits per heavy atom. The fraction of sp³-hybridized carbons (Fsp3) is 0.346. The number of fused-ring (bicyclic) bond motifs is 3. The predicted octanol–water partition coefficient (Wildman–Crippen LogP) is 4.38. The van der Waals surface area contributed by atoms with E-state index in [1.165, 1.54) is 12.3 Å². The minimum Gasteiger partial charge on any atom is -0.464 e. The zero-order chi connectivity index (χ0) is 24.8. The van der Waals surface area contributed by atoms with Crippen LogP contribution in [-0.4, -0.2) is 54.1 Å². The molecule has 0 radical (unpaired) electrons. The maximum atomic E-state index is 15.5. The normalized spacial score (nSPS) is 15.6. The number of ether oxygens (including phenoxy) is 1. The second-order valence-corrected chi connectivity index (χ2v) is 9.16. The minimum atomic E-state index is -0.497. The van der Waals surface area contributed by atoms with Crippen LogP contribution in [0.1, 0.15) is 36.7 Å². The van der Waals surface area contributed by atoms with Crippen LogP contribution >= 0.6 is 0 Å². The van der Waals surface area contributed by atoms with Crippen molar-refractivity contribution in [3.05, 3.63) is 65.5 Å². The first-order valence-corrected chi connectivity index (χ1v) is 12.1. The number of halogens is 2. The summed E-state index contributed by atoms with van der Waals surface area (Å²) in [6.45, 7) is 6.19. The van der Waals surface area contributed by atoms with Crippen molar-refractivity contribution in [3.8, 4) is 17.4 Å². The Hall–Kier alpha value is -3.95. The minimum absolute atomic E-state index is 0.0467. The first-order valence-electron chi connectivity index (χ1n) is 12.1. The summed E-state index contributed by atoms with van der Waals surface area (Å²) in [5.74, 6) is -0.0639. The zero-order valence-corrected chi connectivity index (χ0v) is 20.1. The SMILES string of the molecule is CCOc1nc(C)c2nc(-c3cncc(F)c3)n(Cc3ncc(C4=CN5CCC4CC5)cc3F)c2n1. The molecule has 4 aromatic heterocycles. The quantitative estimate of drug-likeness (QED) is 0.397. The molecular formula is C26H25F2N7O. The van der Waals surface area contributed by atoms with Gasteiger partial charge in [-0.3, -0.25) is 9.97 Å². The van der Waals surface area contributed by atoms with Crippen molar-refractivity contribution in [1.82, 2.24) is 34.4 Å². The first kappa shape index (κ1) is 22.5. The lowest BCUT2D eigenvalue weighted by atomic mass is 9.83. The van der Waals surface area contributed by atoms with Crippen molar-refractivity contribution >= 4 is 16.7 Å². The van der Waals surface area contributed by atoms with Gasteiger partial charge in [0.2, 0.25) is 0 Å². The van der Waals surface area contributed by atoms with E-state index in [9.17, 15) is 4.39 Å². The Morgan fingerprint density at radius 1 is 1.03 bits per heavy atom. The van der Waals surface area contributed by atoms with E-state index >= 15 is 4.39 Å².